The third kappa shape index (κ3) is 7.78. The fourth-order valence-electron chi connectivity index (χ4n) is 5.57. The molecule has 1 heterocycles. The van der Waals surface area contributed by atoms with Gasteiger partial charge in [0.05, 0.1) is 18.6 Å². The second-order valence-electron chi connectivity index (χ2n) is 11.0. The number of nitrogens with zero attached hydrogens (tertiary/aromatic N) is 2. The Morgan fingerprint density at radius 1 is 0.729 bits per heavy atom. The topological polar surface area (TPSA) is 114 Å². The van der Waals surface area contributed by atoms with Crippen LogP contribution in [0.4, 0.5) is 5.69 Å². The summed E-state index contributed by atoms with van der Waals surface area (Å²) in [5, 5.41) is 21.3. The van der Waals surface area contributed by atoms with E-state index in [4.69, 9.17) is 4.42 Å². The summed E-state index contributed by atoms with van der Waals surface area (Å²) in [6.45, 7) is 0.716. The molecule has 1 aliphatic carbocycles. The highest BCUT2D eigenvalue weighted by Crippen LogP contribution is 2.43. The van der Waals surface area contributed by atoms with Gasteiger partial charge in [0.15, 0.2) is 12.4 Å². The quantitative estimate of drug-likeness (QED) is 0.0408. The van der Waals surface area contributed by atoms with Gasteiger partial charge >= 0.3 is 0 Å². The van der Waals surface area contributed by atoms with Gasteiger partial charge in [-0.1, -0.05) is 66.4 Å². The molecule has 8 nitrogen and oxygen atoms in total. The van der Waals surface area contributed by atoms with Crippen molar-refractivity contribution in [2.45, 2.75) is 14.7 Å². The zero-order valence-electron chi connectivity index (χ0n) is 26.0. The molecule has 0 atom stereocenters. The zero-order valence-corrected chi connectivity index (χ0v) is 28.4. The molecule has 0 bridgehead atoms. The van der Waals surface area contributed by atoms with Gasteiger partial charge in [-0.05, 0) is 48.5 Å². The van der Waals surface area contributed by atoms with Crippen molar-refractivity contribution < 1.29 is 27.6 Å². The van der Waals surface area contributed by atoms with Gasteiger partial charge in [0.1, 0.15) is 22.8 Å². The molecule has 0 radical (unpaired) electrons. The van der Waals surface area contributed by atoms with Crippen LogP contribution in [0.3, 0.4) is 0 Å². The lowest BCUT2D eigenvalue weighted by Gasteiger charge is -2.24. The van der Waals surface area contributed by atoms with Crippen molar-refractivity contribution in [3.05, 3.63) is 127 Å². The first-order valence-electron chi connectivity index (χ1n) is 15.3. The second kappa shape index (κ2) is 15.4. The van der Waals surface area contributed by atoms with Gasteiger partial charge < -0.3 is 19.5 Å². The molecule has 0 saturated heterocycles. The Morgan fingerprint density at radius 2 is 1.42 bits per heavy atom. The first-order chi connectivity index (χ1) is 23.4. The van der Waals surface area contributed by atoms with Crippen LogP contribution in [0.2, 0.25) is 0 Å². The van der Waals surface area contributed by atoms with Crippen molar-refractivity contribution >= 4 is 50.3 Å². The summed E-state index contributed by atoms with van der Waals surface area (Å²) < 4.78 is 44.0. The number of hydrogen-bond donors (Lipinski definition) is 3. The number of benzene rings is 5. The van der Waals surface area contributed by atoms with Crippen LogP contribution in [0, 0.1) is 0 Å². The standard InChI is InChI=1S/C37H34N2O6S3/c40-21-19-38(25-46-29-9-3-1-4-10-29)27-15-17-31-34(23-27)45-35-24-28(39(20-22-41)26-47-30-11-5-2-6-12-30)16-18-32(35)37(31)33-13-7-8-14-36(33)48(42,43)44/h1-18,23-24,40-41H,19-22,25-26H2/p+1. The smallest absolute Gasteiger partial charge is 0.295 e. The summed E-state index contributed by atoms with van der Waals surface area (Å²) in [4.78, 5) is 4.06. The highest BCUT2D eigenvalue weighted by molar-refractivity contribution is 7.99. The molecule has 0 unspecified atom stereocenters. The lowest BCUT2D eigenvalue weighted by molar-refractivity contribution is 0.286. The molecule has 4 aromatic rings. The molecule has 0 aromatic heterocycles. The predicted molar refractivity (Wildman–Crippen MR) is 194 cm³/mol. The van der Waals surface area contributed by atoms with Gasteiger partial charge in [-0.25, -0.2) is 4.58 Å². The SMILES string of the molecule is O=S(=O)(O)c1ccccc1-c1c2cc/c(=[N+](\CCO)CSc3ccccc3)cc-2oc2cc(N(CCO)CSc3ccccc3)ccc12. The lowest BCUT2D eigenvalue weighted by Crippen LogP contribution is -2.32. The van der Waals surface area contributed by atoms with Crippen molar-refractivity contribution in [1.29, 1.82) is 0 Å². The fourth-order valence-corrected chi connectivity index (χ4v) is 8.13. The van der Waals surface area contributed by atoms with E-state index in [1.54, 1.807) is 41.7 Å². The molecule has 246 valence electrons. The number of anilines is 1. The average molecular weight is 700 g/mol. The first kappa shape index (κ1) is 33.8. The van der Waals surface area contributed by atoms with E-state index in [1.807, 2.05) is 97.1 Å². The molecule has 6 rings (SSSR count). The van der Waals surface area contributed by atoms with Crippen LogP contribution < -0.4 is 14.8 Å². The molecule has 0 saturated carbocycles. The molecule has 0 amide bonds. The van der Waals surface area contributed by atoms with Crippen LogP contribution in [0.25, 0.3) is 33.4 Å². The van der Waals surface area contributed by atoms with Gasteiger partial charge in [-0.3, -0.25) is 4.55 Å². The van der Waals surface area contributed by atoms with Crippen LogP contribution in [-0.4, -0.2) is 61.2 Å². The summed E-state index contributed by atoms with van der Waals surface area (Å²) in [7, 11) is -4.55. The summed E-state index contributed by atoms with van der Waals surface area (Å²) >= 11 is 3.30. The number of thioether (sulfide) groups is 2. The monoisotopic (exact) mass is 699 g/mol. The molecule has 3 N–H and O–H groups in total. The fraction of sp³-hybridized carbons (Fsp3) is 0.162. The van der Waals surface area contributed by atoms with Gasteiger partial charge in [0.2, 0.25) is 5.36 Å². The van der Waals surface area contributed by atoms with Crippen LogP contribution in [-0.2, 0) is 10.1 Å². The highest BCUT2D eigenvalue weighted by atomic mass is 32.2. The van der Waals surface area contributed by atoms with Crippen LogP contribution >= 0.6 is 23.5 Å². The Hall–Kier alpha value is -4.10. The summed E-state index contributed by atoms with van der Waals surface area (Å²) in [5.41, 5.74) is 2.97. The Morgan fingerprint density at radius 3 is 2.10 bits per heavy atom. The number of hydrogen-bond acceptors (Lipinski definition) is 8. The Kier molecular flexibility index (Phi) is 10.9. The summed E-state index contributed by atoms with van der Waals surface area (Å²) in [6, 6.07) is 37.9. The minimum atomic E-state index is -4.55. The van der Waals surface area contributed by atoms with Gasteiger partial charge in [0, 0.05) is 56.2 Å². The van der Waals surface area contributed by atoms with E-state index in [1.165, 1.54) is 6.07 Å². The zero-order chi connectivity index (χ0) is 33.5. The van der Waals surface area contributed by atoms with E-state index in [-0.39, 0.29) is 18.1 Å². The van der Waals surface area contributed by atoms with Crippen LogP contribution in [0.5, 0.6) is 0 Å². The maximum Gasteiger partial charge on any atom is 0.295 e. The van der Waals surface area contributed by atoms with E-state index in [2.05, 4.69) is 9.48 Å². The number of aliphatic hydroxyl groups is 2. The number of fused-ring (bicyclic) bond motifs is 2. The van der Waals surface area contributed by atoms with Crippen molar-refractivity contribution in [1.82, 2.24) is 4.58 Å². The minimum Gasteiger partial charge on any atom is -0.456 e. The van der Waals surface area contributed by atoms with E-state index in [0.717, 1.165) is 20.8 Å². The van der Waals surface area contributed by atoms with Crippen molar-refractivity contribution in [2.75, 3.05) is 43.0 Å². The Balaban J connectivity index is 1.53. The van der Waals surface area contributed by atoms with Gasteiger partial charge in [-0.15, -0.1) is 11.8 Å². The molecule has 0 spiro atoms. The predicted octanol–water partition coefficient (Wildman–Crippen LogP) is 6.51. The molecule has 1 aliphatic heterocycles. The minimum absolute atomic E-state index is 0.0414. The van der Waals surface area contributed by atoms with Gasteiger partial charge in [-0.2, -0.15) is 8.42 Å². The van der Waals surface area contributed by atoms with Crippen molar-refractivity contribution in [2.24, 2.45) is 0 Å². The van der Waals surface area contributed by atoms with Crippen LogP contribution in [0.15, 0.2) is 140 Å². The third-order valence-corrected chi connectivity index (χ3v) is 10.9. The van der Waals surface area contributed by atoms with Crippen molar-refractivity contribution in [3.63, 3.8) is 0 Å². The van der Waals surface area contributed by atoms with E-state index >= 15 is 0 Å². The maximum atomic E-state index is 12.6. The summed E-state index contributed by atoms with van der Waals surface area (Å²) in [5.74, 6) is 1.68. The first-order valence-corrected chi connectivity index (χ1v) is 18.7. The number of rotatable bonds is 13. The van der Waals surface area contributed by atoms with Crippen molar-refractivity contribution in [3.8, 4) is 22.5 Å². The third-order valence-electron chi connectivity index (χ3n) is 7.85. The van der Waals surface area contributed by atoms with Crippen LogP contribution in [0.1, 0.15) is 0 Å². The Bertz CT molecular complexity index is 2160. The molecule has 4 aromatic carbocycles. The molecular formula is C37H35N2O6S3+. The van der Waals surface area contributed by atoms with Gasteiger partial charge in [0.25, 0.3) is 10.1 Å². The average Bonchev–Trinajstić information content (AvgIpc) is 3.11. The number of aliphatic hydroxyl groups excluding tert-OH is 2. The van der Waals surface area contributed by atoms with E-state index < -0.39 is 10.1 Å². The highest BCUT2D eigenvalue weighted by Gasteiger charge is 2.24. The second-order valence-corrected chi connectivity index (χ2v) is 14.4. The van der Waals surface area contributed by atoms with E-state index in [0.29, 0.717) is 58.3 Å². The van der Waals surface area contributed by atoms with E-state index in [9.17, 15) is 23.2 Å². The molecule has 0 fully saturated rings. The largest absolute Gasteiger partial charge is 0.456 e. The maximum absolute atomic E-state index is 12.6. The molecule has 11 heteroatoms. The lowest BCUT2D eigenvalue weighted by atomic mass is 9.93. The normalized spacial score (nSPS) is 12.4. The summed E-state index contributed by atoms with van der Waals surface area (Å²) in [6.07, 6.45) is 0. The molecular weight excluding hydrogens is 665 g/mol. The molecule has 2 aliphatic rings. The Labute approximate surface area is 288 Å². The molecule has 48 heavy (non-hydrogen) atoms.